The summed E-state index contributed by atoms with van der Waals surface area (Å²) >= 11 is 0. The average molecular weight is 202 g/mol. The lowest BCUT2D eigenvalue weighted by Gasteiger charge is -2.39. The summed E-state index contributed by atoms with van der Waals surface area (Å²) in [5.41, 5.74) is 0. The zero-order chi connectivity index (χ0) is 10.2. The first kappa shape index (κ1) is 10.4. The van der Waals surface area contributed by atoms with Gasteiger partial charge in [-0.25, -0.2) is 0 Å². The second kappa shape index (κ2) is 3.77. The maximum atomic E-state index is 9.97. The third-order valence-electron chi connectivity index (χ3n) is 3.21. The van der Waals surface area contributed by atoms with Crippen molar-refractivity contribution in [3.05, 3.63) is 0 Å². The Bertz CT molecular complexity index is 208. The molecule has 2 aliphatic rings. The molecule has 0 unspecified atom stereocenters. The molecule has 0 amide bonds. The summed E-state index contributed by atoms with van der Waals surface area (Å²) in [4.78, 5) is 0. The minimum Gasteiger partial charge on any atom is -0.396 e. The van der Waals surface area contributed by atoms with Gasteiger partial charge in [0.05, 0.1) is 19.3 Å². The van der Waals surface area contributed by atoms with Crippen LogP contribution in [0.4, 0.5) is 0 Å². The van der Waals surface area contributed by atoms with Crippen LogP contribution in [0.5, 0.6) is 0 Å². The molecule has 4 nitrogen and oxygen atoms in total. The Hall–Kier alpha value is -0.160. The number of aliphatic hydroxyl groups excluding tert-OH is 2. The summed E-state index contributed by atoms with van der Waals surface area (Å²) < 4.78 is 11.2. The molecular formula is C10H18O4. The van der Waals surface area contributed by atoms with Crippen LogP contribution in [0.2, 0.25) is 0 Å². The fraction of sp³-hybridized carbons (Fsp3) is 1.00. The lowest BCUT2D eigenvalue weighted by atomic mass is 9.93. The van der Waals surface area contributed by atoms with Crippen molar-refractivity contribution >= 4 is 0 Å². The Morgan fingerprint density at radius 3 is 2.86 bits per heavy atom. The smallest absolute Gasteiger partial charge is 0.195 e. The van der Waals surface area contributed by atoms with Crippen LogP contribution >= 0.6 is 0 Å². The van der Waals surface area contributed by atoms with Gasteiger partial charge < -0.3 is 19.7 Å². The van der Waals surface area contributed by atoms with E-state index in [-0.39, 0.29) is 18.6 Å². The number of ether oxygens (including phenoxy) is 2. The second-order valence-electron chi connectivity index (χ2n) is 4.33. The predicted octanol–water partition coefficient (Wildman–Crippen LogP) is 0.271. The van der Waals surface area contributed by atoms with Crippen molar-refractivity contribution in [2.45, 2.75) is 44.2 Å². The van der Waals surface area contributed by atoms with E-state index >= 15 is 0 Å². The van der Waals surface area contributed by atoms with Crippen LogP contribution in [-0.4, -0.2) is 41.4 Å². The van der Waals surface area contributed by atoms with E-state index in [1.165, 1.54) is 0 Å². The molecule has 14 heavy (non-hydrogen) atoms. The highest BCUT2D eigenvalue weighted by molar-refractivity contribution is 4.93. The molecular weight excluding hydrogens is 184 g/mol. The summed E-state index contributed by atoms with van der Waals surface area (Å²) in [5, 5.41) is 19.0. The third-order valence-corrected chi connectivity index (χ3v) is 3.21. The van der Waals surface area contributed by atoms with Gasteiger partial charge in [-0.15, -0.1) is 0 Å². The molecule has 0 bridgehead atoms. The maximum Gasteiger partial charge on any atom is 0.195 e. The number of rotatable bonds is 1. The monoisotopic (exact) mass is 202 g/mol. The molecule has 4 heteroatoms. The van der Waals surface area contributed by atoms with Gasteiger partial charge in [0, 0.05) is 12.3 Å². The van der Waals surface area contributed by atoms with Crippen LogP contribution in [0.15, 0.2) is 0 Å². The van der Waals surface area contributed by atoms with E-state index in [2.05, 4.69) is 0 Å². The van der Waals surface area contributed by atoms with Gasteiger partial charge in [0.2, 0.25) is 0 Å². The zero-order valence-corrected chi connectivity index (χ0v) is 8.48. The molecule has 1 spiro atoms. The minimum atomic E-state index is -0.828. The van der Waals surface area contributed by atoms with Crippen LogP contribution in [-0.2, 0) is 9.47 Å². The average Bonchev–Trinajstić information content (AvgIpc) is 2.45. The van der Waals surface area contributed by atoms with Crippen molar-refractivity contribution in [1.29, 1.82) is 0 Å². The van der Waals surface area contributed by atoms with Crippen LogP contribution in [0.1, 0.15) is 26.2 Å². The summed E-state index contributed by atoms with van der Waals surface area (Å²) in [7, 11) is 0. The fourth-order valence-electron chi connectivity index (χ4n) is 2.35. The first-order valence-electron chi connectivity index (χ1n) is 5.28. The number of aliphatic hydroxyl groups is 2. The van der Waals surface area contributed by atoms with Gasteiger partial charge in [0.1, 0.15) is 6.10 Å². The number of hydrogen-bond donors (Lipinski definition) is 2. The normalized spacial score (nSPS) is 48.6. The third kappa shape index (κ3) is 1.56. The Morgan fingerprint density at radius 1 is 1.50 bits per heavy atom. The van der Waals surface area contributed by atoms with Gasteiger partial charge in [0.15, 0.2) is 5.79 Å². The lowest BCUT2D eigenvalue weighted by Crippen LogP contribution is -2.49. The summed E-state index contributed by atoms with van der Waals surface area (Å²) in [6, 6.07) is 0. The molecule has 0 aliphatic carbocycles. The molecule has 0 aromatic heterocycles. The lowest BCUT2D eigenvalue weighted by molar-refractivity contribution is -0.284. The highest BCUT2D eigenvalue weighted by Crippen LogP contribution is 2.40. The molecule has 0 aromatic rings. The van der Waals surface area contributed by atoms with Crippen molar-refractivity contribution in [3.63, 3.8) is 0 Å². The standard InChI is InChI=1S/C10H18O4/c1-7-3-2-4-10(14-7)9(12)8(5-11)6-13-10/h7-9,11-12H,2-6H2,1H3/t7-,8+,9-,10+/m0/s1. The summed E-state index contributed by atoms with van der Waals surface area (Å²) in [6.07, 6.45) is 2.21. The first-order chi connectivity index (χ1) is 6.68. The van der Waals surface area contributed by atoms with Crippen molar-refractivity contribution in [2.75, 3.05) is 13.2 Å². The van der Waals surface area contributed by atoms with Gasteiger partial charge in [-0.05, 0) is 19.8 Å². The molecule has 0 radical (unpaired) electrons. The quantitative estimate of drug-likeness (QED) is 0.641. The minimum absolute atomic E-state index is 0.0410. The van der Waals surface area contributed by atoms with Crippen molar-refractivity contribution < 1.29 is 19.7 Å². The van der Waals surface area contributed by atoms with Crippen LogP contribution < -0.4 is 0 Å². The number of hydrogen-bond acceptors (Lipinski definition) is 4. The van der Waals surface area contributed by atoms with Gasteiger partial charge in [-0.1, -0.05) is 0 Å². The molecule has 2 heterocycles. The predicted molar refractivity (Wildman–Crippen MR) is 49.7 cm³/mol. The molecule has 2 N–H and O–H groups in total. The summed E-state index contributed by atoms with van der Waals surface area (Å²) in [6.45, 7) is 2.34. The van der Waals surface area contributed by atoms with Crippen molar-refractivity contribution in [1.82, 2.24) is 0 Å². The summed E-state index contributed by atoms with van der Waals surface area (Å²) in [5.74, 6) is -1.02. The Balaban J connectivity index is 2.08. The molecule has 2 saturated heterocycles. The Morgan fingerprint density at radius 2 is 2.29 bits per heavy atom. The van der Waals surface area contributed by atoms with E-state index < -0.39 is 11.9 Å². The van der Waals surface area contributed by atoms with Gasteiger partial charge in [-0.2, -0.15) is 0 Å². The SMILES string of the molecule is C[C@H]1CCC[C@@]2(OC[C@@H](CO)[C@@H]2O)O1. The molecule has 2 rings (SSSR count). The largest absolute Gasteiger partial charge is 0.396 e. The molecule has 2 aliphatic heterocycles. The van der Waals surface area contributed by atoms with E-state index in [0.717, 1.165) is 19.3 Å². The van der Waals surface area contributed by atoms with E-state index in [9.17, 15) is 5.11 Å². The highest BCUT2D eigenvalue weighted by atomic mass is 16.7. The topological polar surface area (TPSA) is 58.9 Å². The van der Waals surface area contributed by atoms with Crippen molar-refractivity contribution in [3.8, 4) is 0 Å². The molecule has 82 valence electrons. The van der Waals surface area contributed by atoms with Gasteiger partial charge in [-0.3, -0.25) is 0 Å². The maximum absolute atomic E-state index is 9.97. The molecule has 0 saturated carbocycles. The van der Waals surface area contributed by atoms with E-state index in [0.29, 0.717) is 6.61 Å². The van der Waals surface area contributed by atoms with Crippen LogP contribution in [0, 0.1) is 5.92 Å². The second-order valence-corrected chi connectivity index (χ2v) is 4.33. The van der Waals surface area contributed by atoms with E-state index in [1.807, 2.05) is 6.92 Å². The van der Waals surface area contributed by atoms with E-state index in [1.54, 1.807) is 0 Å². The van der Waals surface area contributed by atoms with E-state index in [4.69, 9.17) is 14.6 Å². The molecule has 4 atom stereocenters. The van der Waals surface area contributed by atoms with Crippen molar-refractivity contribution in [2.24, 2.45) is 5.92 Å². The first-order valence-corrected chi connectivity index (χ1v) is 5.28. The fourth-order valence-corrected chi connectivity index (χ4v) is 2.35. The van der Waals surface area contributed by atoms with Gasteiger partial charge in [0.25, 0.3) is 0 Å². The Labute approximate surface area is 83.8 Å². The molecule has 0 aromatic carbocycles. The van der Waals surface area contributed by atoms with Crippen LogP contribution in [0.25, 0.3) is 0 Å². The highest BCUT2D eigenvalue weighted by Gasteiger charge is 2.51. The molecule has 2 fully saturated rings. The van der Waals surface area contributed by atoms with Gasteiger partial charge >= 0.3 is 0 Å². The van der Waals surface area contributed by atoms with Crippen LogP contribution in [0.3, 0.4) is 0 Å². The zero-order valence-electron chi connectivity index (χ0n) is 8.48. The Kier molecular flexibility index (Phi) is 2.79.